The number of benzene rings is 1. The highest BCUT2D eigenvalue weighted by atomic mass is 16.2. The van der Waals surface area contributed by atoms with Crippen LogP contribution < -0.4 is 0 Å². The number of carbonyl (C=O) groups excluding carboxylic acids is 2. The fourth-order valence-electron chi connectivity index (χ4n) is 3.45. The average Bonchev–Trinajstić information content (AvgIpc) is 2.93. The number of nitrogens with zero attached hydrogens (tertiary/aromatic N) is 4. The van der Waals surface area contributed by atoms with Crippen LogP contribution in [-0.2, 0) is 23.1 Å². The second kappa shape index (κ2) is 7.89. The van der Waals surface area contributed by atoms with Crippen LogP contribution in [0.25, 0.3) is 11.0 Å². The zero-order chi connectivity index (χ0) is 18.7. The molecule has 0 saturated carbocycles. The quantitative estimate of drug-likeness (QED) is 0.826. The van der Waals surface area contributed by atoms with Gasteiger partial charge in [0.2, 0.25) is 11.8 Å². The van der Waals surface area contributed by atoms with E-state index in [9.17, 15) is 9.59 Å². The summed E-state index contributed by atoms with van der Waals surface area (Å²) in [7, 11) is 2.00. The van der Waals surface area contributed by atoms with Gasteiger partial charge < -0.3 is 14.4 Å². The predicted octanol–water partition coefficient (Wildman–Crippen LogP) is 2.29. The molecule has 0 unspecified atom stereocenters. The van der Waals surface area contributed by atoms with E-state index >= 15 is 0 Å². The monoisotopic (exact) mass is 356 g/mol. The minimum Gasteiger partial charge on any atom is -0.339 e. The van der Waals surface area contributed by atoms with Gasteiger partial charge in [0.1, 0.15) is 5.82 Å². The number of unbranched alkanes of at least 4 members (excludes halogenated alkanes) is 1. The maximum Gasteiger partial charge on any atom is 0.227 e. The van der Waals surface area contributed by atoms with E-state index in [1.807, 2.05) is 42.0 Å². The molecule has 0 radical (unpaired) electrons. The molecular formula is C20H28N4O2. The third-order valence-corrected chi connectivity index (χ3v) is 5.25. The van der Waals surface area contributed by atoms with Crippen LogP contribution >= 0.6 is 0 Å². The Morgan fingerprint density at radius 1 is 1.08 bits per heavy atom. The molecule has 1 aliphatic rings. The molecule has 2 amide bonds. The molecule has 1 fully saturated rings. The summed E-state index contributed by atoms with van der Waals surface area (Å²) in [6.07, 6.45) is 2.97. The van der Waals surface area contributed by atoms with Gasteiger partial charge in [-0.2, -0.15) is 0 Å². The molecule has 6 nitrogen and oxygen atoms in total. The molecule has 140 valence electrons. The van der Waals surface area contributed by atoms with Gasteiger partial charge in [-0.3, -0.25) is 9.59 Å². The van der Waals surface area contributed by atoms with Gasteiger partial charge in [0.25, 0.3) is 0 Å². The number of fused-ring (bicyclic) bond motifs is 1. The van der Waals surface area contributed by atoms with Crippen molar-refractivity contribution >= 4 is 22.8 Å². The molecule has 0 bridgehead atoms. The van der Waals surface area contributed by atoms with Crippen molar-refractivity contribution < 1.29 is 9.59 Å². The van der Waals surface area contributed by atoms with Gasteiger partial charge in [0.05, 0.1) is 17.5 Å². The van der Waals surface area contributed by atoms with Crippen molar-refractivity contribution in [2.45, 2.75) is 39.5 Å². The lowest BCUT2D eigenvalue weighted by molar-refractivity contribution is -0.139. The molecule has 26 heavy (non-hydrogen) atoms. The van der Waals surface area contributed by atoms with E-state index in [2.05, 4.69) is 16.5 Å². The first kappa shape index (κ1) is 18.4. The van der Waals surface area contributed by atoms with Crippen LogP contribution in [0, 0.1) is 6.92 Å². The minimum absolute atomic E-state index is 0.123. The van der Waals surface area contributed by atoms with Crippen LogP contribution in [0.3, 0.4) is 0 Å². The van der Waals surface area contributed by atoms with E-state index in [4.69, 9.17) is 0 Å². The Morgan fingerprint density at radius 2 is 1.73 bits per heavy atom. The summed E-state index contributed by atoms with van der Waals surface area (Å²) < 4.78 is 2.05. The number of amides is 2. The van der Waals surface area contributed by atoms with Gasteiger partial charge in [0, 0.05) is 39.6 Å². The number of carbonyl (C=O) groups is 2. The molecule has 0 atom stereocenters. The summed E-state index contributed by atoms with van der Waals surface area (Å²) in [5, 5.41) is 0. The van der Waals surface area contributed by atoms with E-state index in [0.717, 1.165) is 35.3 Å². The Bertz CT molecular complexity index is 803. The molecule has 2 heterocycles. The van der Waals surface area contributed by atoms with Gasteiger partial charge >= 0.3 is 0 Å². The first-order valence-corrected chi connectivity index (χ1v) is 9.47. The van der Waals surface area contributed by atoms with E-state index in [1.165, 1.54) is 0 Å². The molecule has 0 spiro atoms. The van der Waals surface area contributed by atoms with Crippen molar-refractivity contribution in [2.75, 3.05) is 26.2 Å². The van der Waals surface area contributed by atoms with E-state index in [-0.39, 0.29) is 11.8 Å². The van der Waals surface area contributed by atoms with Crippen molar-refractivity contribution in [2.24, 2.45) is 7.05 Å². The maximum absolute atomic E-state index is 12.6. The Kier molecular flexibility index (Phi) is 5.59. The lowest BCUT2D eigenvalue weighted by Gasteiger charge is -2.35. The number of piperazine rings is 1. The molecule has 3 rings (SSSR count). The van der Waals surface area contributed by atoms with Crippen molar-refractivity contribution in [3.8, 4) is 0 Å². The van der Waals surface area contributed by atoms with E-state index in [0.29, 0.717) is 39.0 Å². The fraction of sp³-hybridized carbons (Fsp3) is 0.550. The summed E-state index contributed by atoms with van der Waals surface area (Å²) in [6, 6.07) is 6.04. The lowest BCUT2D eigenvalue weighted by Crippen LogP contribution is -2.50. The van der Waals surface area contributed by atoms with Crippen molar-refractivity contribution in [1.82, 2.24) is 19.4 Å². The predicted molar refractivity (Wildman–Crippen MR) is 102 cm³/mol. The van der Waals surface area contributed by atoms with Gasteiger partial charge in [-0.05, 0) is 31.0 Å². The molecule has 0 aliphatic carbocycles. The zero-order valence-corrected chi connectivity index (χ0v) is 16.0. The topological polar surface area (TPSA) is 58.4 Å². The molecule has 1 aromatic heterocycles. The Labute approximate surface area is 154 Å². The van der Waals surface area contributed by atoms with Gasteiger partial charge in [-0.15, -0.1) is 0 Å². The van der Waals surface area contributed by atoms with Gasteiger partial charge in [-0.1, -0.05) is 19.4 Å². The molecule has 1 saturated heterocycles. The van der Waals surface area contributed by atoms with Crippen molar-refractivity contribution in [1.29, 1.82) is 0 Å². The smallest absolute Gasteiger partial charge is 0.227 e. The normalized spacial score (nSPS) is 14.9. The third-order valence-electron chi connectivity index (χ3n) is 5.25. The summed E-state index contributed by atoms with van der Waals surface area (Å²) in [5.74, 6) is 1.31. The van der Waals surface area contributed by atoms with Crippen LogP contribution in [0.4, 0.5) is 0 Å². The Balaban J connectivity index is 1.57. The maximum atomic E-state index is 12.6. The highest BCUT2D eigenvalue weighted by Gasteiger charge is 2.23. The number of rotatable bonds is 5. The lowest BCUT2D eigenvalue weighted by atomic mass is 10.1. The number of aromatic nitrogens is 2. The average molecular weight is 356 g/mol. The highest BCUT2D eigenvalue weighted by Crippen LogP contribution is 2.17. The summed E-state index contributed by atoms with van der Waals surface area (Å²) >= 11 is 0. The first-order chi connectivity index (χ1) is 12.5. The van der Waals surface area contributed by atoms with E-state index < -0.39 is 0 Å². The SMILES string of the molecule is CCCCC(=O)N1CCN(C(=O)Cc2ccc3c(c2)nc(C)n3C)CC1. The molecule has 2 aromatic rings. The highest BCUT2D eigenvalue weighted by molar-refractivity contribution is 5.82. The second-order valence-electron chi connectivity index (χ2n) is 7.08. The largest absolute Gasteiger partial charge is 0.339 e. The molecule has 6 heteroatoms. The fourth-order valence-corrected chi connectivity index (χ4v) is 3.45. The van der Waals surface area contributed by atoms with Gasteiger partial charge in [0.15, 0.2) is 0 Å². The second-order valence-corrected chi connectivity index (χ2v) is 7.08. The molecule has 1 aliphatic heterocycles. The Morgan fingerprint density at radius 3 is 2.38 bits per heavy atom. The molecular weight excluding hydrogens is 328 g/mol. The van der Waals surface area contributed by atoms with E-state index in [1.54, 1.807) is 0 Å². The molecule has 0 N–H and O–H groups in total. The number of hydrogen-bond acceptors (Lipinski definition) is 3. The van der Waals surface area contributed by atoms with Crippen molar-refractivity contribution in [3.05, 3.63) is 29.6 Å². The minimum atomic E-state index is 0.123. The standard InChI is InChI=1S/C20H28N4O2/c1-4-5-6-19(25)23-9-11-24(12-10-23)20(26)14-16-7-8-18-17(13-16)21-15(2)22(18)3/h7-8,13H,4-6,9-12,14H2,1-3H3. The van der Waals surface area contributed by atoms with Crippen LogP contribution in [0.1, 0.15) is 37.6 Å². The number of hydrogen-bond donors (Lipinski definition) is 0. The zero-order valence-electron chi connectivity index (χ0n) is 16.0. The third kappa shape index (κ3) is 3.89. The van der Waals surface area contributed by atoms with Gasteiger partial charge in [-0.25, -0.2) is 4.98 Å². The van der Waals surface area contributed by atoms with Crippen LogP contribution in [0.5, 0.6) is 0 Å². The Hall–Kier alpha value is -2.37. The molecule has 1 aromatic carbocycles. The summed E-state index contributed by atoms with van der Waals surface area (Å²) in [5.41, 5.74) is 3.00. The number of aryl methyl sites for hydroxylation is 2. The van der Waals surface area contributed by atoms with Crippen LogP contribution in [0.2, 0.25) is 0 Å². The summed E-state index contributed by atoms with van der Waals surface area (Å²) in [6.45, 7) is 6.61. The first-order valence-electron chi connectivity index (χ1n) is 9.47. The summed E-state index contributed by atoms with van der Waals surface area (Å²) in [4.78, 5) is 33.0. The number of imidazole rings is 1. The van der Waals surface area contributed by atoms with Crippen LogP contribution in [0.15, 0.2) is 18.2 Å². The van der Waals surface area contributed by atoms with Crippen molar-refractivity contribution in [3.63, 3.8) is 0 Å². The van der Waals surface area contributed by atoms with Crippen LogP contribution in [-0.4, -0.2) is 57.3 Å².